The molecule has 0 atom stereocenters. The largest absolute Gasteiger partial charge is 0.389 e. The van der Waals surface area contributed by atoms with Crippen molar-refractivity contribution in [2.75, 3.05) is 5.73 Å². The lowest BCUT2D eigenvalue weighted by molar-refractivity contribution is 1.09. The molecule has 0 bridgehead atoms. The molecule has 1 aliphatic carbocycles. The Morgan fingerprint density at radius 1 is 1.41 bits per heavy atom. The summed E-state index contributed by atoms with van der Waals surface area (Å²) in [5.74, 6) is 0.630. The molecule has 1 heterocycles. The monoisotopic (exact) mass is 328 g/mol. The van der Waals surface area contributed by atoms with E-state index in [0.717, 1.165) is 25.7 Å². The number of thiazole rings is 1. The second-order valence-electron chi connectivity index (χ2n) is 4.16. The highest BCUT2D eigenvalue weighted by atomic mass is 79.9. The quantitative estimate of drug-likeness (QED) is 0.868. The van der Waals surface area contributed by atoms with Crippen molar-refractivity contribution in [2.45, 2.75) is 18.8 Å². The average Bonchev–Trinajstić information content (AvgIpc) is 3.04. The molecule has 1 aliphatic rings. The number of rotatable bonds is 2. The summed E-state index contributed by atoms with van der Waals surface area (Å²) in [6.45, 7) is 0. The third-order valence-electron chi connectivity index (χ3n) is 2.78. The van der Waals surface area contributed by atoms with E-state index >= 15 is 0 Å². The maximum Gasteiger partial charge on any atom is 0.114 e. The molecule has 2 nitrogen and oxygen atoms in total. The van der Waals surface area contributed by atoms with Crippen molar-refractivity contribution in [1.82, 2.24) is 4.98 Å². The fourth-order valence-corrected chi connectivity index (χ4v) is 3.51. The molecule has 5 heteroatoms. The van der Waals surface area contributed by atoms with Crippen molar-refractivity contribution < 1.29 is 0 Å². The molecule has 0 aliphatic heterocycles. The Morgan fingerprint density at radius 2 is 2.18 bits per heavy atom. The van der Waals surface area contributed by atoms with E-state index in [2.05, 4.69) is 20.9 Å². The molecule has 0 unspecified atom stereocenters. The molecular formula is C12H10BrClN2S. The molecule has 3 rings (SSSR count). The van der Waals surface area contributed by atoms with Gasteiger partial charge < -0.3 is 5.73 Å². The lowest BCUT2D eigenvalue weighted by Gasteiger charge is -2.02. The Hall–Kier alpha value is -0.580. The van der Waals surface area contributed by atoms with Crippen LogP contribution in [0, 0.1) is 0 Å². The zero-order chi connectivity index (χ0) is 12.0. The van der Waals surface area contributed by atoms with Gasteiger partial charge in [0.15, 0.2) is 0 Å². The second kappa shape index (κ2) is 4.26. The average molecular weight is 330 g/mol. The van der Waals surface area contributed by atoms with Crippen molar-refractivity contribution in [3.63, 3.8) is 0 Å². The van der Waals surface area contributed by atoms with Crippen LogP contribution in [0.2, 0.25) is 5.02 Å². The van der Waals surface area contributed by atoms with Gasteiger partial charge in [-0.25, -0.2) is 4.98 Å². The van der Waals surface area contributed by atoms with Crippen LogP contribution < -0.4 is 5.73 Å². The van der Waals surface area contributed by atoms with Crippen molar-refractivity contribution in [3.05, 3.63) is 32.7 Å². The molecule has 0 radical (unpaired) electrons. The van der Waals surface area contributed by atoms with Crippen LogP contribution >= 0.6 is 38.9 Å². The Labute approximate surface area is 117 Å². The standard InChI is InChI=1S/C12H10BrClN2S/c13-7-3-4-8(9(14)5-7)10-11(15)17-12(16-10)6-1-2-6/h3-6H,1-2,15H2. The first kappa shape index (κ1) is 11.5. The van der Waals surface area contributed by atoms with E-state index in [1.165, 1.54) is 12.8 Å². The van der Waals surface area contributed by atoms with Crippen molar-refractivity contribution >= 4 is 43.9 Å². The van der Waals surface area contributed by atoms with Crippen LogP contribution in [0.25, 0.3) is 11.3 Å². The molecule has 0 spiro atoms. The van der Waals surface area contributed by atoms with Gasteiger partial charge in [-0.1, -0.05) is 33.6 Å². The Morgan fingerprint density at radius 3 is 2.82 bits per heavy atom. The Balaban J connectivity index is 2.07. The summed E-state index contributed by atoms with van der Waals surface area (Å²) in [7, 11) is 0. The summed E-state index contributed by atoms with van der Waals surface area (Å²) in [4.78, 5) is 4.63. The zero-order valence-electron chi connectivity index (χ0n) is 8.91. The van der Waals surface area contributed by atoms with Gasteiger partial charge in [-0.15, -0.1) is 11.3 Å². The maximum atomic E-state index is 6.22. The van der Waals surface area contributed by atoms with Crippen LogP contribution in [-0.2, 0) is 0 Å². The fourth-order valence-electron chi connectivity index (χ4n) is 1.73. The van der Waals surface area contributed by atoms with Gasteiger partial charge in [-0.05, 0) is 25.0 Å². The van der Waals surface area contributed by atoms with E-state index in [1.54, 1.807) is 11.3 Å². The molecule has 1 aromatic heterocycles. The molecule has 2 aromatic rings. The highest BCUT2D eigenvalue weighted by molar-refractivity contribution is 9.10. The number of hydrogen-bond acceptors (Lipinski definition) is 3. The normalized spacial score (nSPS) is 15.2. The van der Waals surface area contributed by atoms with Crippen molar-refractivity contribution in [1.29, 1.82) is 0 Å². The minimum Gasteiger partial charge on any atom is -0.389 e. The van der Waals surface area contributed by atoms with E-state index in [-0.39, 0.29) is 0 Å². The summed E-state index contributed by atoms with van der Waals surface area (Å²) in [5, 5.41) is 2.59. The summed E-state index contributed by atoms with van der Waals surface area (Å²) in [6.07, 6.45) is 2.47. The SMILES string of the molecule is Nc1sc(C2CC2)nc1-c1ccc(Br)cc1Cl. The topological polar surface area (TPSA) is 38.9 Å². The smallest absolute Gasteiger partial charge is 0.114 e. The van der Waals surface area contributed by atoms with E-state index in [4.69, 9.17) is 17.3 Å². The number of nitrogen functional groups attached to an aromatic ring is 1. The van der Waals surface area contributed by atoms with Gasteiger partial charge in [-0.3, -0.25) is 0 Å². The number of hydrogen-bond donors (Lipinski definition) is 1. The number of aromatic nitrogens is 1. The van der Waals surface area contributed by atoms with E-state index < -0.39 is 0 Å². The number of nitrogens with two attached hydrogens (primary N) is 1. The van der Waals surface area contributed by atoms with Crippen LogP contribution in [0.3, 0.4) is 0 Å². The highest BCUT2D eigenvalue weighted by Gasteiger charge is 2.28. The predicted octanol–water partition coefficient (Wildman–Crippen LogP) is 4.69. The van der Waals surface area contributed by atoms with Gasteiger partial charge in [0.25, 0.3) is 0 Å². The number of nitrogens with zero attached hydrogens (tertiary/aromatic N) is 1. The highest BCUT2D eigenvalue weighted by Crippen LogP contribution is 2.46. The number of anilines is 1. The molecular weight excluding hydrogens is 320 g/mol. The first-order valence-electron chi connectivity index (χ1n) is 5.37. The zero-order valence-corrected chi connectivity index (χ0v) is 12.1. The minimum absolute atomic E-state index is 0.630. The van der Waals surface area contributed by atoms with Crippen LogP contribution in [0.4, 0.5) is 5.00 Å². The number of benzene rings is 1. The predicted molar refractivity (Wildman–Crippen MR) is 76.6 cm³/mol. The molecule has 1 saturated carbocycles. The molecule has 88 valence electrons. The summed E-state index contributed by atoms with van der Waals surface area (Å²) >= 11 is 11.2. The van der Waals surface area contributed by atoms with Gasteiger partial charge in [0, 0.05) is 16.0 Å². The Bertz CT molecular complexity index is 578. The molecule has 1 fully saturated rings. The summed E-state index contributed by atoms with van der Waals surface area (Å²) in [6, 6.07) is 5.78. The van der Waals surface area contributed by atoms with Crippen LogP contribution in [-0.4, -0.2) is 4.98 Å². The third kappa shape index (κ3) is 2.21. The van der Waals surface area contributed by atoms with Crippen LogP contribution in [0.5, 0.6) is 0 Å². The van der Waals surface area contributed by atoms with Crippen molar-refractivity contribution in [2.24, 2.45) is 0 Å². The third-order valence-corrected chi connectivity index (χ3v) is 4.64. The van der Waals surface area contributed by atoms with Gasteiger partial charge in [0.05, 0.1) is 10.0 Å². The molecule has 17 heavy (non-hydrogen) atoms. The molecule has 2 N–H and O–H groups in total. The van der Waals surface area contributed by atoms with Gasteiger partial charge in [0.2, 0.25) is 0 Å². The lowest BCUT2D eigenvalue weighted by Crippen LogP contribution is -1.87. The van der Waals surface area contributed by atoms with Crippen LogP contribution in [0.15, 0.2) is 22.7 Å². The van der Waals surface area contributed by atoms with Gasteiger partial charge >= 0.3 is 0 Å². The summed E-state index contributed by atoms with van der Waals surface area (Å²) < 4.78 is 0.961. The van der Waals surface area contributed by atoms with E-state index in [1.807, 2.05) is 18.2 Å². The van der Waals surface area contributed by atoms with Crippen LogP contribution in [0.1, 0.15) is 23.8 Å². The van der Waals surface area contributed by atoms with E-state index in [9.17, 15) is 0 Å². The van der Waals surface area contributed by atoms with E-state index in [0.29, 0.717) is 10.9 Å². The molecule has 0 saturated heterocycles. The maximum absolute atomic E-state index is 6.22. The summed E-state index contributed by atoms with van der Waals surface area (Å²) in [5.41, 5.74) is 7.77. The minimum atomic E-state index is 0.630. The first-order chi connectivity index (χ1) is 8.15. The van der Waals surface area contributed by atoms with Gasteiger partial charge in [0.1, 0.15) is 10.7 Å². The lowest BCUT2D eigenvalue weighted by atomic mass is 10.1. The first-order valence-corrected chi connectivity index (χ1v) is 7.35. The Kier molecular flexibility index (Phi) is 2.89. The van der Waals surface area contributed by atoms with Crippen molar-refractivity contribution in [3.8, 4) is 11.3 Å². The van der Waals surface area contributed by atoms with Gasteiger partial charge in [-0.2, -0.15) is 0 Å². The molecule has 0 amide bonds. The fraction of sp³-hybridized carbons (Fsp3) is 0.250. The molecule has 1 aromatic carbocycles. The number of halogens is 2. The second-order valence-corrected chi connectivity index (χ2v) is 6.55.